The third kappa shape index (κ3) is 4.33. The number of aromatic nitrogens is 5. The molecule has 1 aliphatic rings. The van der Waals surface area contributed by atoms with E-state index in [1.54, 1.807) is 0 Å². The van der Waals surface area contributed by atoms with Crippen LogP contribution in [0.15, 0.2) is 29.4 Å². The number of nitrogens with one attached hydrogen (secondary N) is 1. The Bertz CT molecular complexity index is 1800. The molecule has 0 bridgehead atoms. The third-order valence-corrected chi connectivity index (χ3v) is 7.54. The molecule has 1 aromatic carbocycles. The minimum atomic E-state index is -5.93. The number of halogens is 7. The lowest BCUT2D eigenvalue weighted by Gasteiger charge is -2.19. The fourth-order valence-corrected chi connectivity index (χ4v) is 4.86. The van der Waals surface area contributed by atoms with Crippen LogP contribution in [0.25, 0.3) is 28.1 Å². The molecule has 11 nitrogen and oxygen atoms in total. The van der Waals surface area contributed by atoms with Gasteiger partial charge in [-0.25, -0.2) is 22.9 Å². The number of benzene rings is 1. The molecule has 0 aliphatic carbocycles. The molecule has 3 aromatic heterocycles. The summed E-state index contributed by atoms with van der Waals surface area (Å²) in [5.41, 5.74) is -0.906. The molecule has 0 atom stereocenters. The predicted octanol–water partition coefficient (Wildman–Crippen LogP) is 3.33. The summed E-state index contributed by atoms with van der Waals surface area (Å²) in [5.74, 6) is -7.93. The van der Waals surface area contributed by atoms with Crippen molar-refractivity contribution in [2.45, 2.75) is 30.3 Å². The molecule has 40 heavy (non-hydrogen) atoms. The van der Waals surface area contributed by atoms with Gasteiger partial charge in [0, 0.05) is 25.4 Å². The lowest BCUT2D eigenvalue weighted by atomic mass is 10.3. The molecule has 19 heteroatoms. The minimum absolute atomic E-state index is 0.0695. The zero-order valence-corrected chi connectivity index (χ0v) is 20.9. The van der Waals surface area contributed by atoms with E-state index >= 15 is 0 Å². The molecule has 0 saturated heterocycles. The number of imidazole rings is 1. The quantitative estimate of drug-likeness (QED) is 0.336. The lowest BCUT2D eigenvalue weighted by Crippen LogP contribution is -2.47. The molecule has 0 unspecified atom stereocenters. The number of amides is 1. The van der Waals surface area contributed by atoms with Gasteiger partial charge in [0.05, 0.1) is 23.3 Å². The van der Waals surface area contributed by atoms with E-state index < -0.39 is 57.2 Å². The van der Waals surface area contributed by atoms with Crippen LogP contribution in [-0.4, -0.2) is 69.2 Å². The first-order valence-electron chi connectivity index (χ1n) is 11.1. The number of hydrogen-bond acceptors (Lipinski definition) is 8. The van der Waals surface area contributed by atoms with E-state index in [-0.39, 0.29) is 39.6 Å². The Morgan fingerprint density at radius 2 is 1.77 bits per heavy atom. The smallest absolute Gasteiger partial charge is 0.395 e. The topological polar surface area (TPSA) is 130 Å². The van der Waals surface area contributed by atoms with Crippen LogP contribution < -0.4 is 14.8 Å². The number of alkyl halides is 7. The fourth-order valence-electron chi connectivity index (χ4n) is 3.89. The summed E-state index contributed by atoms with van der Waals surface area (Å²) in [6.45, 7) is -0.802. The molecule has 4 heterocycles. The molecular formula is C21H15F7N6O5S. The molecular weight excluding hydrogens is 581 g/mol. The molecule has 4 aromatic rings. The normalized spacial score (nSPS) is 15.2. The van der Waals surface area contributed by atoms with Crippen LogP contribution in [0.2, 0.25) is 0 Å². The summed E-state index contributed by atoms with van der Waals surface area (Å²) in [7, 11) is -2.78. The van der Waals surface area contributed by atoms with Gasteiger partial charge >= 0.3 is 18.4 Å². The summed E-state index contributed by atoms with van der Waals surface area (Å²) < 4.78 is 128. The van der Waals surface area contributed by atoms with Gasteiger partial charge in [0.2, 0.25) is 0 Å². The first-order chi connectivity index (χ1) is 18.5. The number of sulfone groups is 1. The number of hydrogen-bond donors (Lipinski definition) is 1. The van der Waals surface area contributed by atoms with Gasteiger partial charge in [0.1, 0.15) is 17.1 Å². The van der Waals surface area contributed by atoms with E-state index in [2.05, 4.69) is 24.5 Å². The lowest BCUT2D eigenvalue weighted by molar-refractivity contribution is -0.286. The molecule has 1 aliphatic heterocycles. The highest BCUT2D eigenvalue weighted by molar-refractivity contribution is 7.91. The highest BCUT2D eigenvalue weighted by Crippen LogP contribution is 2.44. The van der Waals surface area contributed by atoms with Crippen LogP contribution in [0, 0.1) is 0 Å². The zero-order valence-electron chi connectivity index (χ0n) is 20.1. The van der Waals surface area contributed by atoms with Gasteiger partial charge in [-0.2, -0.15) is 27.1 Å². The monoisotopic (exact) mass is 596 g/mol. The van der Waals surface area contributed by atoms with Crippen molar-refractivity contribution in [2.75, 3.05) is 12.3 Å². The van der Waals surface area contributed by atoms with Crippen molar-refractivity contribution in [2.24, 2.45) is 7.05 Å². The molecule has 1 N–H and O–H groups in total. The summed E-state index contributed by atoms with van der Waals surface area (Å²) >= 11 is 0. The maximum atomic E-state index is 13.5. The molecule has 0 radical (unpaired) electrons. The fraction of sp³-hybridized carbons (Fsp3) is 0.333. The number of carbonyl (C=O) groups is 1. The number of rotatable bonds is 6. The van der Waals surface area contributed by atoms with Crippen molar-refractivity contribution < 1.29 is 53.4 Å². The standard InChI is InChI=1S/C21H15F7N6O5S/c1-3-40(36,37)18-14(16-31-9-6-12-13(7-11(9)33(16)2)39-21(27,28)38-12)15-29-5-4-10(34(15)32-18)17(35)30-8-19(22,23)20(24,25)26/h4-7H,3,8H2,1-2H3,(H,30,35). The maximum Gasteiger partial charge on any atom is 0.586 e. The van der Waals surface area contributed by atoms with E-state index in [0.717, 1.165) is 18.3 Å². The summed E-state index contributed by atoms with van der Waals surface area (Å²) in [6, 6.07) is 3.23. The Kier molecular flexibility index (Phi) is 5.94. The van der Waals surface area contributed by atoms with E-state index in [9.17, 15) is 43.9 Å². The number of fused-ring (bicyclic) bond motifs is 3. The van der Waals surface area contributed by atoms with Crippen molar-refractivity contribution in [1.82, 2.24) is 29.5 Å². The summed E-state index contributed by atoms with van der Waals surface area (Å²) in [6.07, 6.45) is -8.85. The van der Waals surface area contributed by atoms with Crippen molar-refractivity contribution in [3.63, 3.8) is 0 Å². The second-order valence-corrected chi connectivity index (χ2v) is 10.7. The van der Waals surface area contributed by atoms with Gasteiger partial charge in [0.25, 0.3) is 5.91 Å². The Labute approximate surface area is 218 Å². The molecule has 5 rings (SSSR count). The van der Waals surface area contributed by atoms with Crippen molar-refractivity contribution in [3.05, 3.63) is 30.1 Å². The average Bonchev–Trinajstić information content (AvgIpc) is 3.49. The molecule has 0 fully saturated rings. The third-order valence-electron chi connectivity index (χ3n) is 5.91. The number of carbonyl (C=O) groups excluding carboxylic acids is 1. The van der Waals surface area contributed by atoms with Crippen LogP contribution in [0.1, 0.15) is 17.4 Å². The Morgan fingerprint density at radius 3 is 2.40 bits per heavy atom. The van der Waals surface area contributed by atoms with Gasteiger partial charge in [-0.3, -0.25) is 4.79 Å². The molecule has 0 saturated carbocycles. The van der Waals surface area contributed by atoms with Gasteiger partial charge in [0.15, 0.2) is 32.0 Å². The highest BCUT2D eigenvalue weighted by atomic mass is 32.2. The van der Waals surface area contributed by atoms with E-state index in [4.69, 9.17) is 0 Å². The van der Waals surface area contributed by atoms with Crippen LogP contribution in [0.4, 0.5) is 30.7 Å². The second-order valence-electron chi connectivity index (χ2n) is 8.48. The van der Waals surface area contributed by atoms with Gasteiger partial charge in [-0.1, -0.05) is 6.92 Å². The zero-order chi connectivity index (χ0) is 29.4. The first-order valence-corrected chi connectivity index (χ1v) is 12.7. The van der Waals surface area contributed by atoms with Gasteiger partial charge in [-0.15, -0.1) is 8.78 Å². The molecule has 1 amide bonds. The SMILES string of the molecule is CCS(=O)(=O)c1nn2c(C(=O)NCC(F)(F)C(F)(F)F)ccnc2c1-c1nc2cc3c(cc2n1C)OC(F)(F)O3. The van der Waals surface area contributed by atoms with E-state index in [1.165, 1.54) is 29.9 Å². The minimum Gasteiger partial charge on any atom is -0.395 e. The van der Waals surface area contributed by atoms with Crippen LogP contribution in [0.5, 0.6) is 11.5 Å². The number of aryl methyl sites for hydroxylation is 1. The van der Waals surface area contributed by atoms with E-state index in [0.29, 0.717) is 4.52 Å². The second kappa shape index (κ2) is 8.67. The van der Waals surface area contributed by atoms with Crippen LogP contribution >= 0.6 is 0 Å². The van der Waals surface area contributed by atoms with Gasteiger partial charge < -0.3 is 19.4 Å². The number of nitrogens with zero attached hydrogens (tertiary/aromatic N) is 5. The largest absolute Gasteiger partial charge is 0.586 e. The van der Waals surface area contributed by atoms with Crippen molar-refractivity contribution >= 4 is 32.4 Å². The average molecular weight is 596 g/mol. The predicted molar refractivity (Wildman–Crippen MR) is 120 cm³/mol. The Morgan fingerprint density at radius 1 is 1.12 bits per heavy atom. The van der Waals surface area contributed by atoms with E-state index in [1.807, 2.05) is 0 Å². The van der Waals surface area contributed by atoms with Crippen LogP contribution in [0.3, 0.4) is 0 Å². The van der Waals surface area contributed by atoms with Crippen LogP contribution in [-0.2, 0) is 16.9 Å². The Hall–Kier alpha value is -4.16. The molecule has 0 spiro atoms. The van der Waals surface area contributed by atoms with Gasteiger partial charge in [-0.05, 0) is 6.07 Å². The summed E-state index contributed by atoms with van der Waals surface area (Å²) in [5, 5.41) is 4.77. The number of ether oxygens (including phenoxy) is 2. The Balaban J connectivity index is 1.67. The van der Waals surface area contributed by atoms with Crippen molar-refractivity contribution in [1.29, 1.82) is 0 Å². The highest BCUT2D eigenvalue weighted by Gasteiger charge is 2.57. The maximum absolute atomic E-state index is 13.5. The van der Waals surface area contributed by atoms with Crippen molar-refractivity contribution in [3.8, 4) is 22.9 Å². The first kappa shape index (κ1) is 27.4. The summed E-state index contributed by atoms with van der Waals surface area (Å²) in [4.78, 5) is 21.0. The molecule has 214 valence electrons.